The first-order chi connectivity index (χ1) is 5.96. The summed E-state index contributed by atoms with van der Waals surface area (Å²) in [6, 6.07) is 2.04. The van der Waals surface area contributed by atoms with Crippen LogP contribution >= 0.6 is 0 Å². The molecule has 0 fully saturated rings. The summed E-state index contributed by atoms with van der Waals surface area (Å²) >= 11 is 0. The van der Waals surface area contributed by atoms with E-state index < -0.39 is 5.41 Å². The van der Waals surface area contributed by atoms with Crippen LogP contribution in [0, 0.1) is 16.7 Å². The zero-order valence-corrected chi connectivity index (χ0v) is 7.57. The quantitative estimate of drug-likeness (QED) is 0.577. The maximum Gasteiger partial charge on any atom is 0.253 e. The van der Waals surface area contributed by atoms with Crippen molar-refractivity contribution in [3.63, 3.8) is 0 Å². The summed E-state index contributed by atoms with van der Waals surface area (Å²) in [5.41, 5.74) is -0.683. The van der Waals surface area contributed by atoms with Gasteiger partial charge in [0.25, 0.3) is 11.8 Å². The molecule has 0 aromatic rings. The van der Waals surface area contributed by atoms with Crippen LogP contribution in [0.4, 0.5) is 0 Å². The molecule has 68 valence electrons. The number of nitrogens with zero attached hydrogens (tertiary/aromatic N) is 2. The largest absolute Gasteiger partial charge is 0.274 e. The molecule has 0 radical (unpaired) electrons. The molecule has 0 bridgehead atoms. The highest BCUT2D eigenvalue weighted by atomic mass is 16.2. The second-order valence-electron chi connectivity index (χ2n) is 3.59. The Kier molecular flexibility index (Phi) is 2.20. The lowest BCUT2D eigenvalue weighted by atomic mass is 9.95. The lowest BCUT2D eigenvalue weighted by molar-refractivity contribution is -0.137. The molecule has 13 heavy (non-hydrogen) atoms. The monoisotopic (exact) mass is 178 g/mol. The van der Waals surface area contributed by atoms with Crippen LogP contribution in [0.2, 0.25) is 0 Å². The van der Waals surface area contributed by atoms with Crippen LogP contribution in [0.5, 0.6) is 0 Å². The van der Waals surface area contributed by atoms with Crippen molar-refractivity contribution in [1.82, 2.24) is 4.90 Å². The van der Waals surface area contributed by atoms with E-state index in [1.54, 1.807) is 13.8 Å². The highest BCUT2D eigenvalue weighted by Crippen LogP contribution is 2.17. The van der Waals surface area contributed by atoms with Gasteiger partial charge in [-0.05, 0) is 13.8 Å². The molecule has 0 saturated carbocycles. The highest BCUT2D eigenvalue weighted by Gasteiger charge is 2.30. The second kappa shape index (κ2) is 3.02. The molecule has 1 rings (SSSR count). The molecule has 2 amide bonds. The van der Waals surface area contributed by atoms with Crippen LogP contribution in [0.15, 0.2) is 12.2 Å². The fourth-order valence-corrected chi connectivity index (χ4v) is 1.02. The van der Waals surface area contributed by atoms with Gasteiger partial charge < -0.3 is 0 Å². The molecule has 1 aliphatic rings. The third-order valence-corrected chi connectivity index (χ3v) is 1.76. The Hall–Kier alpha value is -1.63. The van der Waals surface area contributed by atoms with Crippen molar-refractivity contribution in [2.45, 2.75) is 13.8 Å². The predicted molar refractivity (Wildman–Crippen MR) is 45.3 cm³/mol. The molecule has 0 atom stereocenters. The second-order valence-corrected chi connectivity index (χ2v) is 3.59. The number of rotatable bonds is 2. The van der Waals surface area contributed by atoms with Gasteiger partial charge in [-0.2, -0.15) is 5.26 Å². The normalized spacial score (nSPS) is 16.5. The lowest BCUT2D eigenvalue weighted by Gasteiger charge is -2.21. The third-order valence-electron chi connectivity index (χ3n) is 1.76. The van der Waals surface area contributed by atoms with Gasteiger partial charge in [-0.25, -0.2) is 0 Å². The molecule has 0 unspecified atom stereocenters. The average molecular weight is 178 g/mol. The Bertz CT molecular complexity index is 305. The van der Waals surface area contributed by atoms with Gasteiger partial charge in [-0.3, -0.25) is 14.5 Å². The van der Waals surface area contributed by atoms with E-state index >= 15 is 0 Å². The van der Waals surface area contributed by atoms with Gasteiger partial charge in [-0.15, -0.1) is 0 Å². The van der Waals surface area contributed by atoms with Crippen molar-refractivity contribution < 1.29 is 9.59 Å². The molecule has 0 aliphatic carbocycles. The summed E-state index contributed by atoms with van der Waals surface area (Å²) in [7, 11) is 0. The van der Waals surface area contributed by atoms with Crippen molar-refractivity contribution in [2.24, 2.45) is 5.41 Å². The van der Waals surface area contributed by atoms with Crippen molar-refractivity contribution >= 4 is 11.8 Å². The number of imide groups is 1. The molecule has 1 heterocycles. The molecular weight excluding hydrogens is 168 g/mol. The van der Waals surface area contributed by atoms with Gasteiger partial charge in [0.05, 0.1) is 11.5 Å². The minimum absolute atomic E-state index is 0.147. The number of hydrogen-bond donors (Lipinski definition) is 0. The van der Waals surface area contributed by atoms with E-state index in [1.807, 2.05) is 6.07 Å². The molecule has 0 spiro atoms. The Labute approximate surface area is 76.4 Å². The van der Waals surface area contributed by atoms with Gasteiger partial charge in [0.2, 0.25) is 0 Å². The van der Waals surface area contributed by atoms with Crippen LogP contribution in [0.25, 0.3) is 0 Å². The summed E-state index contributed by atoms with van der Waals surface area (Å²) in [6.45, 7) is 3.52. The molecule has 0 aromatic carbocycles. The first-order valence-electron chi connectivity index (χ1n) is 3.91. The van der Waals surface area contributed by atoms with Crippen molar-refractivity contribution in [3.05, 3.63) is 12.2 Å². The van der Waals surface area contributed by atoms with E-state index in [4.69, 9.17) is 5.26 Å². The topological polar surface area (TPSA) is 61.2 Å². The molecule has 4 heteroatoms. The first-order valence-corrected chi connectivity index (χ1v) is 3.91. The van der Waals surface area contributed by atoms with Crippen molar-refractivity contribution in [2.75, 3.05) is 6.54 Å². The molecule has 4 nitrogen and oxygen atoms in total. The minimum Gasteiger partial charge on any atom is -0.274 e. The fraction of sp³-hybridized carbons (Fsp3) is 0.444. The van der Waals surface area contributed by atoms with E-state index in [-0.39, 0.29) is 18.4 Å². The summed E-state index contributed by atoms with van der Waals surface area (Å²) in [5.74, 6) is -0.679. The van der Waals surface area contributed by atoms with Crippen LogP contribution in [0.1, 0.15) is 13.8 Å². The van der Waals surface area contributed by atoms with E-state index in [9.17, 15) is 9.59 Å². The van der Waals surface area contributed by atoms with Crippen molar-refractivity contribution in [1.29, 1.82) is 5.26 Å². The van der Waals surface area contributed by atoms with Gasteiger partial charge in [-0.1, -0.05) is 0 Å². The van der Waals surface area contributed by atoms with Gasteiger partial charge in [0, 0.05) is 18.7 Å². The molecule has 0 saturated heterocycles. The summed E-state index contributed by atoms with van der Waals surface area (Å²) in [5, 5.41) is 8.71. The van der Waals surface area contributed by atoms with E-state index in [1.165, 1.54) is 12.2 Å². The Morgan fingerprint density at radius 3 is 2.23 bits per heavy atom. The van der Waals surface area contributed by atoms with Gasteiger partial charge in [0.15, 0.2) is 0 Å². The zero-order valence-electron chi connectivity index (χ0n) is 7.57. The van der Waals surface area contributed by atoms with E-state index in [0.717, 1.165) is 4.90 Å². The maximum absolute atomic E-state index is 11.1. The summed E-state index contributed by atoms with van der Waals surface area (Å²) < 4.78 is 0. The van der Waals surface area contributed by atoms with E-state index in [2.05, 4.69) is 0 Å². The molecule has 0 aromatic heterocycles. The summed E-state index contributed by atoms with van der Waals surface area (Å²) in [6.07, 6.45) is 2.44. The van der Waals surface area contributed by atoms with Crippen LogP contribution in [-0.2, 0) is 9.59 Å². The third kappa shape index (κ3) is 1.94. The number of carbonyl (C=O) groups is 2. The van der Waals surface area contributed by atoms with Crippen LogP contribution in [-0.4, -0.2) is 23.3 Å². The van der Waals surface area contributed by atoms with Crippen LogP contribution in [0.3, 0.4) is 0 Å². The Balaban J connectivity index is 2.72. The highest BCUT2D eigenvalue weighted by molar-refractivity contribution is 6.12. The average Bonchev–Trinajstić information content (AvgIpc) is 2.36. The van der Waals surface area contributed by atoms with Crippen LogP contribution < -0.4 is 0 Å². The SMILES string of the molecule is CC(C)(C#N)CN1C(=O)C=CC1=O. The fourth-order valence-electron chi connectivity index (χ4n) is 1.02. The Morgan fingerprint density at radius 2 is 1.85 bits per heavy atom. The Morgan fingerprint density at radius 1 is 1.38 bits per heavy atom. The lowest BCUT2D eigenvalue weighted by Crippen LogP contribution is -2.37. The summed E-state index contributed by atoms with van der Waals surface area (Å²) in [4.78, 5) is 23.2. The number of nitriles is 1. The predicted octanol–water partition coefficient (Wildman–Crippen LogP) is 0.461. The number of hydrogen-bond acceptors (Lipinski definition) is 3. The first kappa shape index (κ1) is 9.46. The molecular formula is C9H10N2O2. The molecule has 1 aliphatic heterocycles. The van der Waals surface area contributed by atoms with Gasteiger partial charge >= 0.3 is 0 Å². The van der Waals surface area contributed by atoms with E-state index in [0.29, 0.717) is 0 Å². The van der Waals surface area contributed by atoms with Crippen molar-refractivity contribution in [3.8, 4) is 6.07 Å². The standard InChI is InChI=1S/C9H10N2O2/c1-9(2,5-10)6-11-7(12)3-4-8(11)13/h3-4H,6H2,1-2H3. The molecule has 0 N–H and O–H groups in total. The number of amides is 2. The van der Waals surface area contributed by atoms with Gasteiger partial charge in [0.1, 0.15) is 0 Å². The number of carbonyl (C=O) groups excluding carboxylic acids is 2. The zero-order chi connectivity index (χ0) is 10.1. The smallest absolute Gasteiger partial charge is 0.253 e. The maximum atomic E-state index is 11.1. The minimum atomic E-state index is -0.683.